The van der Waals surface area contributed by atoms with Crippen LogP contribution in [0.5, 0.6) is 0 Å². The van der Waals surface area contributed by atoms with E-state index in [0.29, 0.717) is 6.04 Å². The van der Waals surface area contributed by atoms with E-state index in [9.17, 15) is 0 Å². The zero-order valence-corrected chi connectivity index (χ0v) is 12.0. The Bertz CT molecular complexity index is 489. The smallest absolute Gasteiger partial charge is 0.0798 e. The van der Waals surface area contributed by atoms with Crippen molar-refractivity contribution < 1.29 is 0 Å². The third-order valence-electron chi connectivity index (χ3n) is 3.03. The van der Waals surface area contributed by atoms with Gasteiger partial charge in [0.15, 0.2) is 0 Å². The minimum Gasteiger partial charge on any atom is -0.309 e. The van der Waals surface area contributed by atoms with Gasteiger partial charge in [-0.25, -0.2) is 4.98 Å². The summed E-state index contributed by atoms with van der Waals surface area (Å²) in [5, 5.41) is 7.75. The first kappa shape index (κ1) is 13.2. The van der Waals surface area contributed by atoms with Gasteiger partial charge in [-0.1, -0.05) is 6.92 Å². The van der Waals surface area contributed by atoms with E-state index in [1.54, 1.807) is 11.3 Å². The monoisotopic (exact) mass is 264 g/mol. The van der Waals surface area contributed by atoms with E-state index in [4.69, 9.17) is 0 Å². The molecule has 2 aromatic heterocycles. The molecule has 0 saturated carbocycles. The molecule has 0 aliphatic rings. The van der Waals surface area contributed by atoms with E-state index in [2.05, 4.69) is 35.4 Å². The molecule has 0 aromatic carbocycles. The number of aromatic nitrogens is 3. The van der Waals surface area contributed by atoms with Crippen molar-refractivity contribution in [2.24, 2.45) is 7.05 Å². The first-order valence-corrected chi connectivity index (χ1v) is 7.19. The van der Waals surface area contributed by atoms with Crippen LogP contribution < -0.4 is 5.32 Å². The van der Waals surface area contributed by atoms with E-state index >= 15 is 0 Å². The summed E-state index contributed by atoms with van der Waals surface area (Å²) in [5.74, 6) is 0. The van der Waals surface area contributed by atoms with E-state index in [1.807, 2.05) is 23.4 Å². The third kappa shape index (κ3) is 3.17. The highest BCUT2D eigenvalue weighted by Crippen LogP contribution is 2.25. The molecular weight excluding hydrogens is 244 g/mol. The van der Waals surface area contributed by atoms with Gasteiger partial charge in [-0.15, -0.1) is 11.3 Å². The standard InChI is InChI=1S/C13H20N4S/c1-4-14-12(13-10(2)15-9-18-13)6-5-11-7-16-17(3)8-11/h7-9,12,14H,4-6H2,1-3H3. The van der Waals surface area contributed by atoms with Crippen molar-refractivity contribution in [2.45, 2.75) is 32.7 Å². The minimum absolute atomic E-state index is 0.405. The summed E-state index contributed by atoms with van der Waals surface area (Å²) in [4.78, 5) is 5.70. The van der Waals surface area contributed by atoms with Crippen molar-refractivity contribution >= 4 is 11.3 Å². The Morgan fingerprint density at radius 1 is 1.50 bits per heavy atom. The van der Waals surface area contributed by atoms with Crippen molar-refractivity contribution in [3.05, 3.63) is 34.0 Å². The van der Waals surface area contributed by atoms with E-state index in [0.717, 1.165) is 25.1 Å². The Kier molecular flexibility index (Phi) is 4.49. The van der Waals surface area contributed by atoms with Crippen LogP contribution >= 0.6 is 11.3 Å². The van der Waals surface area contributed by atoms with Crippen LogP contribution in [0.2, 0.25) is 0 Å². The fourth-order valence-electron chi connectivity index (χ4n) is 2.13. The molecule has 2 aromatic rings. The Labute approximate surface area is 112 Å². The highest BCUT2D eigenvalue weighted by atomic mass is 32.1. The lowest BCUT2D eigenvalue weighted by Gasteiger charge is -2.16. The molecule has 2 heterocycles. The summed E-state index contributed by atoms with van der Waals surface area (Å²) in [5.41, 5.74) is 4.37. The van der Waals surface area contributed by atoms with Crippen LogP contribution in [0, 0.1) is 6.92 Å². The van der Waals surface area contributed by atoms with Crippen LogP contribution in [0.25, 0.3) is 0 Å². The number of hydrogen-bond acceptors (Lipinski definition) is 4. The SMILES string of the molecule is CCNC(CCc1cnn(C)c1)c1scnc1C. The lowest BCUT2D eigenvalue weighted by Crippen LogP contribution is -2.21. The molecule has 0 aliphatic carbocycles. The topological polar surface area (TPSA) is 42.7 Å². The lowest BCUT2D eigenvalue weighted by molar-refractivity contribution is 0.520. The number of thiazole rings is 1. The van der Waals surface area contributed by atoms with Crippen molar-refractivity contribution in [1.82, 2.24) is 20.1 Å². The van der Waals surface area contributed by atoms with Crippen LogP contribution in [-0.4, -0.2) is 21.3 Å². The van der Waals surface area contributed by atoms with Gasteiger partial charge >= 0.3 is 0 Å². The number of nitrogens with one attached hydrogen (secondary N) is 1. The summed E-state index contributed by atoms with van der Waals surface area (Å²) in [6.07, 6.45) is 6.16. The molecular formula is C13H20N4S. The molecule has 0 fully saturated rings. The quantitative estimate of drug-likeness (QED) is 0.871. The Morgan fingerprint density at radius 3 is 2.89 bits per heavy atom. The second kappa shape index (κ2) is 6.11. The lowest BCUT2D eigenvalue weighted by atomic mass is 10.1. The molecule has 5 heteroatoms. The normalized spacial score (nSPS) is 12.8. The molecule has 4 nitrogen and oxygen atoms in total. The number of nitrogens with zero attached hydrogens (tertiary/aromatic N) is 3. The van der Waals surface area contributed by atoms with Gasteiger partial charge in [0.1, 0.15) is 0 Å². The maximum absolute atomic E-state index is 4.34. The summed E-state index contributed by atoms with van der Waals surface area (Å²) in [7, 11) is 1.96. The van der Waals surface area contributed by atoms with Crippen LogP contribution in [-0.2, 0) is 13.5 Å². The van der Waals surface area contributed by atoms with Gasteiger partial charge in [-0.05, 0) is 31.9 Å². The molecule has 98 valence electrons. The maximum Gasteiger partial charge on any atom is 0.0798 e. The molecule has 0 spiro atoms. The Balaban J connectivity index is 2.01. The maximum atomic E-state index is 4.34. The van der Waals surface area contributed by atoms with Crippen LogP contribution in [0.15, 0.2) is 17.9 Å². The van der Waals surface area contributed by atoms with E-state index < -0.39 is 0 Å². The van der Waals surface area contributed by atoms with Crippen molar-refractivity contribution in [2.75, 3.05) is 6.54 Å². The Hall–Kier alpha value is -1.20. The van der Waals surface area contributed by atoms with E-state index in [-0.39, 0.29) is 0 Å². The predicted molar refractivity (Wildman–Crippen MR) is 74.8 cm³/mol. The molecule has 1 N–H and O–H groups in total. The zero-order valence-electron chi connectivity index (χ0n) is 11.2. The fraction of sp³-hybridized carbons (Fsp3) is 0.538. The average molecular weight is 264 g/mol. The largest absolute Gasteiger partial charge is 0.309 e. The first-order valence-electron chi connectivity index (χ1n) is 6.31. The van der Waals surface area contributed by atoms with Gasteiger partial charge in [0.2, 0.25) is 0 Å². The third-order valence-corrected chi connectivity index (χ3v) is 4.07. The molecule has 0 amide bonds. The second-order valence-corrected chi connectivity index (χ2v) is 5.36. The highest BCUT2D eigenvalue weighted by Gasteiger charge is 2.15. The van der Waals surface area contributed by atoms with Gasteiger partial charge in [-0.2, -0.15) is 5.10 Å². The Morgan fingerprint density at radius 2 is 2.33 bits per heavy atom. The summed E-state index contributed by atoms with van der Waals surface area (Å²) in [6, 6.07) is 0.405. The predicted octanol–water partition coefficient (Wildman–Crippen LogP) is 2.47. The van der Waals surface area contributed by atoms with Gasteiger partial charge in [0.25, 0.3) is 0 Å². The van der Waals surface area contributed by atoms with Crippen LogP contribution in [0.3, 0.4) is 0 Å². The molecule has 18 heavy (non-hydrogen) atoms. The zero-order chi connectivity index (χ0) is 13.0. The van der Waals surface area contributed by atoms with Crippen molar-refractivity contribution in [3.8, 4) is 0 Å². The molecule has 2 rings (SSSR count). The van der Waals surface area contributed by atoms with Gasteiger partial charge in [0, 0.05) is 24.2 Å². The van der Waals surface area contributed by atoms with Gasteiger partial charge in [0.05, 0.1) is 17.4 Å². The van der Waals surface area contributed by atoms with Gasteiger partial charge < -0.3 is 5.32 Å². The van der Waals surface area contributed by atoms with Crippen molar-refractivity contribution in [3.63, 3.8) is 0 Å². The summed E-state index contributed by atoms with van der Waals surface area (Å²) >= 11 is 1.74. The number of rotatable bonds is 6. The number of hydrogen-bond donors (Lipinski definition) is 1. The van der Waals surface area contributed by atoms with E-state index in [1.165, 1.54) is 10.4 Å². The second-order valence-electron chi connectivity index (χ2n) is 4.47. The molecule has 0 aliphatic heterocycles. The summed E-state index contributed by atoms with van der Waals surface area (Å²) < 4.78 is 1.86. The number of aryl methyl sites for hydroxylation is 3. The summed E-state index contributed by atoms with van der Waals surface area (Å²) in [6.45, 7) is 5.21. The molecule has 1 atom stereocenters. The highest BCUT2D eigenvalue weighted by molar-refractivity contribution is 7.09. The molecule has 0 radical (unpaired) electrons. The minimum atomic E-state index is 0.405. The van der Waals surface area contributed by atoms with Crippen molar-refractivity contribution in [1.29, 1.82) is 0 Å². The fourth-order valence-corrected chi connectivity index (χ4v) is 3.04. The molecule has 0 bridgehead atoms. The molecule has 1 unspecified atom stereocenters. The average Bonchev–Trinajstić information content (AvgIpc) is 2.94. The van der Waals surface area contributed by atoms with Gasteiger partial charge in [-0.3, -0.25) is 4.68 Å². The van der Waals surface area contributed by atoms with Crippen LogP contribution in [0.1, 0.15) is 35.5 Å². The first-order chi connectivity index (χ1) is 8.70. The van der Waals surface area contributed by atoms with Crippen LogP contribution in [0.4, 0.5) is 0 Å². The molecule has 0 saturated heterocycles.